The number of halogens is 1. The highest BCUT2D eigenvalue weighted by Crippen LogP contribution is 2.31. The number of aliphatic hydroxyl groups is 1. The maximum Gasteiger partial charge on any atom is 0.195 e. The maximum absolute atomic E-state index is 13.5. The van der Waals surface area contributed by atoms with Gasteiger partial charge in [-0.2, -0.15) is 0 Å². The first-order valence-corrected chi connectivity index (χ1v) is 11.6. The van der Waals surface area contributed by atoms with Gasteiger partial charge in [0.25, 0.3) is 0 Å². The van der Waals surface area contributed by atoms with Crippen molar-refractivity contribution in [2.45, 2.75) is 12.1 Å². The number of aromatic nitrogens is 1. The summed E-state index contributed by atoms with van der Waals surface area (Å²) in [4.78, 5) is 21.2. The summed E-state index contributed by atoms with van der Waals surface area (Å²) >= 11 is 6.12. The summed E-state index contributed by atoms with van der Waals surface area (Å²) in [6.45, 7) is 3.12. The molecule has 2 N–H and O–H groups in total. The van der Waals surface area contributed by atoms with Crippen molar-refractivity contribution in [2.75, 3.05) is 31.1 Å². The number of benzene rings is 3. The third kappa shape index (κ3) is 4.40. The van der Waals surface area contributed by atoms with Gasteiger partial charge in [0.2, 0.25) is 0 Å². The number of nitrogens with zero attached hydrogens (tertiary/aromatic N) is 2. The number of fused-ring (bicyclic) bond motifs is 1. The van der Waals surface area contributed by atoms with Crippen molar-refractivity contribution in [1.82, 2.24) is 9.88 Å². The van der Waals surface area contributed by atoms with Crippen LogP contribution in [0.4, 0.5) is 5.69 Å². The number of hydrogen-bond acceptors (Lipinski definition) is 4. The molecule has 0 unspecified atom stereocenters. The van der Waals surface area contributed by atoms with E-state index in [2.05, 4.69) is 26.9 Å². The van der Waals surface area contributed by atoms with Crippen LogP contribution in [0.25, 0.3) is 10.9 Å². The Kier molecular flexibility index (Phi) is 6.18. The maximum atomic E-state index is 13.5. The minimum atomic E-state index is -1.20. The highest BCUT2D eigenvalue weighted by Gasteiger charge is 2.35. The minimum absolute atomic E-state index is 0.280. The normalized spacial score (nSPS) is 16.6. The van der Waals surface area contributed by atoms with Crippen LogP contribution < -0.4 is 4.90 Å². The van der Waals surface area contributed by atoms with E-state index in [4.69, 9.17) is 11.6 Å². The SMILES string of the molecule is O=C(c1c[nH]c2ccccc12)[C@@H](O)[C@H](c1ccc(Cl)cc1)N1CCN(c2ccccc2)CC1. The van der Waals surface area contributed by atoms with E-state index in [0.29, 0.717) is 10.6 Å². The number of aromatic amines is 1. The van der Waals surface area contributed by atoms with Gasteiger partial charge in [0.05, 0.1) is 6.04 Å². The quantitative estimate of drug-likeness (QED) is 0.401. The lowest BCUT2D eigenvalue weighted by Crippen LogP contribution is -2.51. The molecular weight excluding hydrogens is 434 g/mol. The van der Waals surface area contributed by atoms with Crippen LogP contribution >= 0.6 is 11.6 Å². The minimum Gasteiger partial charge on any atom is -0.383 e. The standard InChI is InChI=1S/C27H26ClN3O2/c28-20-12-10-19(11-13-20)25(31-16-14-30(15-17-31)21-6-2-1-3-7-21)27(33)26(32)23-18-29-24-9-5-4-8-22(23)24/h1-13,18,25,27,29,33H,14-17H2/t25-,27-/m0/s1. The summed E-state index contributed by atoms with van der Waals surface area (Å²) in [6, 6.07) is 25.0. The van der Waals surface area contributed by atoms with Gasteiger partial charge in [-0.15, -0.1) is 0 Å². The summed E-state index contributed by atoms with van der Waals surface area (Å²) < 4.78 is 0. The number of para-hydroxylation sites is 2. The summed E-state index contributed by atoms with van der Waals surface area (Å²) in [5, 5.41) is 12.9. The van der Waals surface area contributed by atoms with E-state index in [0.717, 1.165) is 42.6 Å². The first-order chi connectivity index (χ1) is 16.1. The van der Waals surface area contributed by atoms with Crippen molar-refractivity contribution in [3.63, 3.8) is 0 Å². The summed E-state index contributed by atoms with van der Waals surface area (Å²) in [5.74, 6) is -0.280. The Balaban J connectivity index is 1.42. The number of carbonyl (C=O) groups is 1. The van der Waals surface area contributed by atoms with Crippen molar-refractivity contribution >= 4 is 34.0 Å². The Hall–Kier alpha value is -3.12. The molecule has 0 amide bonds. The van der Waals surface area contributed by atoms with E-state index < -0.39 is 12.1 Å². The van der Waals surface area contributed by atoms with Crippen molar-refractivity contribution in [3.05, 3.63) is 101 Å². The molecular formula is C27H26ClN3O2. The predicted octanol–water partition coefficient (Wildman–Crippen LogP) is 4.93. The molecule has 5 rings (SSSR count). The third-order valence-electron chi connectivity index (χ3n) is 6.46. The Morgan fingerprint density at radius 3 is 2.27 bits per heavy atom. The summed E-state index contributed by atoms with van der Waals surface area (Å²) in [7, 11) is 0. The molecule has 0 aliphatic carbocycles. The fourth-order valence-electron chi connectivity index (χ4n) is 4.73. The number of piperazine rings is 1. The molecule has 1 saturated heterocycles. The van der Waals surface area contributed by atoms with E-state index in [1.165, 1.54) is 5.69 Å². The van der Waals surface area contributed by atoms with Crippen molar-refractivity contribution < 1.29 is 9.90 Å². The topological polar surface area (TPSA) is 59.6 Å². The molecule has 5 nitrogen and oxygen atoms in total. The first-order valence-electron chi connectivity index (χ1n) is 11.2. The molecule has 1 aliphatic rings. The van der Waals surface area contributed by atoms with Gasteiger partial charge in [0.15, 0.2) is 5.78 Å². The number of aliphatic hydroxyl groups excluding tert-OH is 1. The fraction of sp³-hybridized carbons (Fsp3) is 0.222. The zero-order chi connectivity index (χ0) is 22.8. The highest BCUT2D eigenvalue weighted by atomic mass is 35.5. The molecule has 4 aromatic rings. The number of carbonyl (C=O) groups excluding carboxylic acids is 1. The van der Waals surface area contributed by atoms with Gasteiger partial charge in [-0.1, -0.05) is 60.1 Å². The summed E-state index contributed by atoms with van der Waals surface area (Å²) in [6.07, 6.45) is 0.497. The fourth-order valence-corrected chi connectivity index (χ4v) is 4.85. The van der Waals surface area contributed by atoms with Crippen LogP contribution in [0.3, 0.4) is 0 Å². The second-order valence-corrected chi connectivity index (χ2v) is 8.85. The van der Waals surface area contributed by atoms with E-state index in [1.54, 1.807) is 6.20 Å². The van der Waals surface area contributed by atoms with Crippen LogP contribution in [0.2, 0.25) is 5.02 Å². The molecule has 3 aromatic carbocycles. The number of Topliss-reactive ketones (excluding diaryl/α,β-unsaturated/α-hetero) is 1. The Labute approximate surface area is 198 Å². The van der Waals surface area contributed by atoms with Gasteiger partial charge < -0.3 is 15.0 Å². The van der Waals surface area contributed by atoms with Crippen LogP contribution in [-0.4, -0.2) is 53.1 Å². The Bertz CT molecular complexity index is 1230. The van der Waals surface area contributed by atoms with Gasteiger partial charge in [0.1, 0.15) is 6.10 Å². The average molecular weight is 460 g/mol. The molecule has 168 valence electrons. The zero-order valence-electron chi connectivity index (χ0n) is 18.2. The van der Waals surface area contributed by atoms with E-state index in [9.17, 15) is 9.90 Å². The Morgan fingerprint density at radius 2 is 1.55 bits per heavy atom. The second kappa shape index (κ2) is 9.40. The first kappa shape index (κ1) is 21.7. The lowest BCUT2D eigenvalue weighted by molar-refractivity contribution is 0.0366. The molecule has 1 fully saturated rings. The van der Waals surface area contributed by atoms with Gasteiger partial charge in [-0.25, -0.2) is 0 Å². The predicted molar refractivity (Wildman–Crippen MR) is 133 cm³/mol. The summed E-state index contributed by atoms with van der Waals surface area (Å²) in [5.41, 5.74) is 3.47. The van der Waals surface area contributed by atoms with Crippen molar-refractivity contribution in [2.24, 2.45) is 0 Å². The van der Waals surface area contributed by atoms with Gasteiger partial charge in [-0.05, 0) is 35.9 Å². The molecule has 33 heavy (non-hydrogen) atoms. The molecule has 1 aliphatic heterocycles. The van der Waals surface area contributed by atoms with Crippen LogP contribution in [0.5, 0.6) is 0 Å². The number of H-pyrrole nitrogens is 1. The molecule has 0 saturated carbocycles. The number of nitrogens with one attached hydrogen (secondary N) is 1. The largest absolute Gasteiger partial charge is 0.383 e. The number of anilines is 1. The molecule has 0 spiro atoms. The van der Waals surface area contributed by atoms with E-state index >= 15 is 0 Å². The third-order valence-corrected chi connectivity index (χ3v) is 6.71. The number of hydrogen-bond donors (Lipinski definition) is 2. The lowest BCUT2D eigenvalue weighted by Gasteiger charge is -2.41. The lowest BCUT2D eigenvalue weighted by atomic mass is 9.93. The van der Waals surface area contributed by atoms with Crippen molar-refractivity contribution in [1.29, 1.82) is 0 Å². The Morgan fingerprint density at radius 1 is 0.879 bits per heavy atom. The molecule has 6 heteroatoms. The van der Waals surface area contributed by atoms with Gasteiger partial charge in [-0.3, -0.25) is 9.69 Å². The molecule has 0 radical (unpaired) electrons. The second-order valence-electron chi connectivity index (χ2n) is 8.41. The van der Waals surface area contributed by atoms with Crippen LogP contribution in [0.15, 0.2) is 85.1 Å². The zero-order valence-corrected chi connectivity index (χ0v) is 18.9. The monoisotopic (exact) mass is 459 g/mol. The highest BCUT2D eigenvalue weighted by molar-refractivity contribution is 6.30. The van der Waals surface area contributed by atoms with Gasteiger partial charge in [0, 0.05) is 59.6 Å². The number of rotatable bonds is 6. The molecule has 1 aromatic heterocycles. The molecule has 2 atom stereocenters. The number of ketones is 1. The smallest absolute Gasteiger partial charge is 0.195 e. The molecule has 0 bridgehead atoms. The van der Waals surface area contributed by atoms with Crippen LogP contribution in [-0.2, 0) is 0 Å². The average Bonchev–Trinajstić information content (AvgIpc) is 3.30. The van der Waals surface area contributed by atoms with Gasteiger partial charge >= 0.3 is 0 Å². The van der Waals surface area contributed by atoms with Crippen molar-refractivity contribution in [3.8, 4) is 0 Å². The van der Waals surface area contributed by atoms with E-state index in [1.807, 2.05) is 66.7 Å². The van der Waals surface area contributed by atoms with Crippen LogP contribution in [0, 0.1) is 0 Å². The van der Waals surface area contributed by atoms with Crippen LogP contribution in [0.1, 0.15) is 22.0 Å². The molecule has 2 heterocycles. The van der Waals surface area contributed by atoms with E-state index in [-0.39, 0.29) is 5.78 Å².